The normalized spacial score (nSPS) is 14.0. The van der Waals surface area contributed by atoms with E-state index in [0.29, 0.717) is 11.8 Å². The molecule has 0 saturated heterocycles. The first-order valence-corrected chi connectivity index (χ1v) is 8.20. The summed E-state index contributed by atoms with van der Waals surface area (Å²) in [5.41, 5.74) is -0.785. The van der Waals surface area contributed by atoms with Crippen molar-refractivity contribution in [3.05, 3.63) is 58.6 Å². The van der Waals surface area contributed by atoms with Crippen LogP contribution in [-0.2, 0) is 18.9 Å². The Balaban J connectivity index is 1.95. The van der Waals surface area contributed by atoms with Crippen LogP contribution in [0.2, 0.25) is 5.02 Å². The molecule has 11 heteroatoms. The summed E-state index contributed by atoms with van der Waals surface area (Å²) in [4.78, 5) is 10.7. The van der Waals surface area contributed by atoms with Gasteiger partial charge in [-0.05, 0) is 24.3 Å². The number of fused-ring (bicyclic) bond motifs is 3. The van der Waals surface area contributed by atoms with Crippen LogP contribution in [0.5, 0.6) is 0 Å². The first-order valence-electron chi connectivity index (χ1n) is 7.82. The standard InChI is InChI=1S/C17H9ClF6N4/c18-9-3-1-2-4-11(9)28-7-10-13(27-15(25-10)17(22,23)24)8-5-6-12(16(19,20)21)26-14(8)28/h1-6H,7H2,(H,25,27). The fourth-order valence-corrected chi connectivity index (χ4v) is 3.22. The third kappa shape index (κ3) is 3.07. The minimum Gasteiger partial charge on any atom is -0.334 e. The van der Waals surface area contributed by atoms with Gasteiger partial charge in [-0.25, -0.2) is 9.97 Å². The Labute approximate surface area is 158 Å². The molecule has 28 heavy (non-hydrogen) atoms. The predicted molar refractivity (Wildman–Crippen MR) is 89.1 cm³/mol. The van der Waals surface area contributed by atoms with Crippen molar-refractivity contribution in [1.29, 1.82) is 0 Å². The molecule has 0 radical (unpaired) electrons. The second-order valence-electron chi connectivity index (χ2n) is 6.01. The van der Waals surface area contributed by atoms with Gasteiger partial charge in [0.05, 0.1) is 28.6 Å². The number of rotatable bonds is 1. The zero-order valence-corrected chi connectivity index (χ0v) is 14.4. The van der Waals surface area contributed by atoms with Gasteiger partial charge in [-0.15, -0.1) is 0 Å². The number of nitrogens with one attached hydrogen (secondary N) is 1. The fourth-order valence-electron chi connectivity index (χ4n) is 2.98. The van der Waals surface area contributed by atoms with Crippen molar-refractivity contribution in [1.82, 2.24) is 15.0 Å². The second kappa shape index (κ2) is 6.13. The van der Waals surface area contributed by atoms with Gasteiger partial charge in [0.2, 0.25) is 5.82 Å². The summed E-state index contributed by atoms with van der Waals surface area (Å²) in [6.07, 6.45) is -9.45. The van der Waals surface area contributed by atoms with Gasteiger partial charge in [0.1, 0.15) is 11.5 Å². The van der Waals surface area contributed by atoms with Crippen LogP contribution in [0.4, 0.5) is 37.8 Å². The number of nitrogens with zero attached hydrogens (tertiary/aromatic N) is 3. The molecule has 1 aliphatic rings. The SMILES string of the molecule is FC(F)(F)c1ccc2c(n1)N(c1ccccc1Cl)Cc1nc(C(F)(F)F)[nH]c1-2. The van der Waals surface area contributed by atoms with Crippen LogP contribution in [-0.4, -0.2) is 15.0 Å². The number of hydrogen-bond acceptors (Lipinski definition) is 3. The van der Waals surface area contributed by atoms with Gasteiger partial charge in [-0.3, -0.25) is 0 Å². The number of hydrogen-bond donors (Lipinski definition) is 1. The van der Waals surface area contributed by atoms with Gasteiger partial charge in [0.15, 0.2) is 0 Å². The van der Waals surface area contributed by atoms with Gasteiger partial charge in [0.25, 0.3) is 0 Å². The maximum Gasteiger partial charge on any atom is 0.449 e. The highest BCUT2D eigenvalue weighted by Crippen LogP contribution is 2.45. The van der Waals surface area contributed by atoms with Gasteiger partial charge in [-0.1, -0.05) is 23.7 Å². The van der Waals surface area contributed by atoms with Crippen LogP contribution in [0.25, 0.3) is 11.3 Å². The largest absolute Gasteiger partial charge is 0.449 e. The molecule has 1 aromatic carbocycles. The van der Waals surface area contributed by atoms with Gasteiger partial charge in [-0.2, -0.15) is 26.3 Å². The Morgan fingerprint density at radius 3 is 2.29 bits per heavy atom. The highest BCUT2D eigenvalue weighted by Gasteiger charge is 2.40. The number of pyridine rings is 1. The van der Waals surface area contributed by atoms with E-state index in [9.17, 15) is 26.3 Å². The molecule has 0 fully saturated rings. The monoisotopic (exact) mass is 418 g/mol. The minimum absolute atomic E-state index is 0.0214. The van der Waals surface area contributed by atoms with E-state index in [0.717, 1.165) is 6.07 Å². The zero-order chi connectivity index (χ0) is 20.3. The third-order valence-electron chi connectivity index (χ3n) is 4.19. The topological polar surface area (TPSA) is 44.8 Å². The number of H-pyrrole nitrogens is 1. The number of benzene rings is 1. The van der Waals surface area contributed by atoms with Crippen molar-refractivity contribution < 1.29 is 26.3 Å². The molecule has 3 aromatic rings. The van der Waals surface area contributed by atoms with Crippen molar-refractivity contribution in [3.63, 3.8) is 0 Å². The van der Waals surface area contributed by atoms with Gasteiger partial charge >= 0.3 is 12.4 Å². The Hall–Kier alpha value is -2.75. The van der Waals surface area contributed by atoms with E-state index in [1.807, 2.05) is 0 Å². The Kier molecular flexibility index (Phi) is 4.07. The zero-order valence-electron chi connectivity index (χ0n) is 13.7. The molecule has 0 aliphatic carbocycles. The van der Waals surface area contributed by atoms with Crippen LogP contribution in [0.3, 0.4) is 0 Å². The molecule has 0 saturated carbocycles. The highest BCUT2D eigenvalue weighted by molar-refractivity contribution is 6.33. The van der Waals surface area contributed by atoms with Crippen molar-refractivity contribution in [2.24, 2.45) is 0 Å². The first kappa shape index (κ1) is 18.6. The molecule has 0 bridgehead atoms. The maximum absolute atomic E-state index is 13.1. The van der Waals surface area contributed by atoms with Crippen LogP contribution >= 0.6 is 11.6 Å². The summed E-state index contributed by atoms with van der Waals surface area (Å²) in [5.74, 6) is -1.39. The van der Waals surface area contributed by atoms with Crippen LogP contribution in [0.1, 0.15) is 17.2 Å². The lowest BCUT2D eigenvalue weighted by atomic mass is 10.0. The van der Waals surface area contributed by atoms with Crippen LogP contribution in [0, 0.1) is 0 Å². The van der Waals surface area contributed by atoms with E-state index in [1.165, 1.54) is 17.0 Å². The lowest BCUT2D eigenvalue weighted by molar-refractivity contribution is -0.144. The summed E-state index contributed by atoms with van der Waals surface area (Å²) in [6, 6.07) is 8.08. The van der Waals surface area contributed by atoms with E-state index >= 15 is 0 Å². The van der Waals surface area contributed by atoms with E-state index < -0.39 is 23.9 Å². The van der Waals surface area contributed by atoms with E-state index in [4.69, 9.17) is 11.6 Å². The lowest BCUT2D eigenvalue weighted by Crippen LogP contribution is -2.24. The molecule has 1 N–H and O–H groups in total. The van der Waals surface area contributed by atoms with Crippen molar-refractivity contribution in [2.45, 2.75) is 18.9 Å². The molecule has 4 rings (SSSR count). The number of para-hydroxylation sites is 1. The summed E-state index contributed by atoms with van der Waals surface area (Å²) < 4.78 is 78.6. The average Bonchev–Trinajstić information content (AvgIpc) is 3.05. The summed E-state index contributed by atoms with van der Waals surface area (Å²) in [6.45, 7) is -0.229. The molecular weight excluding hydrogens is 410 g/mol. The number of alkyl halides is 6. The Morgan fingerprint density at radius 1 is 0.929 bits per heavy atom. The molecule has 0 atom stereocenters. The summed E-state index contributed by atoms with van der Waals surface area (Å²) in [5, 5.41) is 0.211. The quantitative estimate of drug-likeness (QED) is 0.507. The smallest absolute Gasteiger partial charge is 0.334 e. The van der Waals surface area contributed by atoms with E-state index in [2.05, 4.69) is 15.0 Å². The first-order chi connectivity index (χ1) is 13.1. The van der Waals surface area contributed by atoms with E-state index in [1.54, 1.807) is 12.1 Å². The predicted octanol–water partition coefficient (Wildman–Crippen LogP) is 5.81. The molecule has 1 aliphatic heterocycles. The fraction of sp³-hybridized carbons (Fsp3) is 0.176. The summed E-state index contributed by atoms with van der Waals surface area (Å²) >= 11 is 6.16. The van der Waals surface area contributed by atoms with Crippen LogP contribution in [0.15, 0.2) is 36.4 Å². The highest BCUT2D eigenvalue weighted by atomic mass is 35.5. The van der Waals surface area contributed by atoms with Crippen molar-refractivity contribution in [2.75, 3.05) is 4.90 Å². The lowest BCUT2D eigenvalue weighted by Gasteiger charge is -2.30. The third-order valence-corrected chi connectivity index (χ3v) is 4.51. The molecule has 0 spiro atoms. The van der Waals surface area contributed by atoms with Gasteiger partial charge < -0.3 is 9.88 Å². The second-order valence-corrected chi connectivity index (χ2v) is 6.42. The van der Waals surface area contributed by atoms with Gasteiger partial charge in [0, 0.05) is 5.56 Å². The van der Waals surface area contributed by atoms with E-state index in [-0.39, 0.29) is 34.3 Å². The molecule has 0 unspecified atom stereocenters. The Bertz CT molecular complexity index is 1060. The number of aromatic nitrogens is 3. The number of aromatic amines is 1. The van der Waals surface area contributed by atoms with Crippen LogP contribution < -0.4 is 4.90 Å². The van der Waals surface area contributed by atoms with Crippen molar-refractivity contribution >= 4 is 23.1 Å². The molecule has 146 valence electrons. The molecule has 3 heterocycles. The Morgan fingerprint density at radius 2 is 1.64 bits per heavy atom. The molecular formula is C17H9ClF6N4. The number of imidazole rings is 1. The maximum atomic E-state index is 13.1. The number of anilines is 2. The molecule has 2 aromatic heterocycles. The molecule has 4 nitrogen and oxygen atoms in total. The molecule has 0 amide bonds. The average molecular weight is 419 g/mol. The number of halogens is 7. The summed E-state index contributed by atoms with van der Waals surface area (Å²) in [7, 11) is 0. The van der Waals surface area contributed by atoms with Crippen molar-refractivity contribution in [3.8, 4) is 11.3 Å². The minimum atomic E-state index is -4.73.